The van der Waals surface area contributed by atoms with Crippen molar-refractivity contribution in [2.24, 2.45) is 5.73 Å². The Hall–Kier alpha value is 0.230. The second-order valence-corrected chi connectivity index (χ2v) is 5.01. The molecule has 84 valence electrons. The second kappa shape index (κ2) is 6.67. The smallest absolute Gasteiger partial charge is 0.0633 e. The van der Waals surface area contributed by atoms with Gasteiger partial charge in [-0.25, -0.2) is 0 Å². The molecule has 2 atom stereocenters. The van der Waals surface area contributed by atoms with Gasteiger partial charge >= 0.3 is 0 Å². The van der Waals surface area contributed by atoms with E-state index in [2.05, 4.69) is 18.9 Å². The molecule has 1 aliphatic rings. The molecule has 2 unspecified atom stereocenters. The summed E-state index contributed by atoms with van der Waals surface area (Å²) in [6.07, 6.45) is 1.07. The average molecular weight is 218 g/mol. The summed E-state index contributed by atoms with van der Waals surface area (Å²) in [7, 11) is 2.16. The summed E-state index contributed by atoms with van der Waals surface area (Å²) < 4.78 is 5.49. The van der Waals surface area contributed by atoms with E-state index in [0.717, 1.165) is 25.3 Å². The van der Waals surface area contributed by atoms with Gasteiger partial charge in [0.15, 0.2) is 0 Å². The molecule has 1 heterocycles. The Bertz CT molecular complexity index is 157. The lowest BCUT2D eigenvalue weighted by Crippen LogP contribution is -2.52. The van der Waals surface area contributed by atoms with E-state index in [4.69, 9.17) is 10.5 Å². The Morgan fingerprint density at radius 1 is 1.64 bits per heavy atom. The van der Waals surface area contributed by atoms with Crippen LogP contribution in [0.1, 0.15) is 13.3 Å². The van der Waals surface area contributed by atoms with Crippen LogP contribution in [0.3, 0.4) is 0 Å². The Kier molecular flexibility index (Phi) is 5.86. The van der Waals surface area contributed by atoms with Gasteiger partial charge in [-0.2, -0.15) is 11.8 Å². The molecule has 0 aromatic carbocycles. The molecule has 0 aromatic rings. The Morgan fingerprint density at radius 2 is 2.43 bits per heavy atom. The van der Waals surface area contributed by atoms with Gasteiger partial charge in [0.25, 0.3) is 0 Å². The predicted octanol–water partition coefficient (Wildman–Crippen LogP) is 0.788. The van der Waals surface area contributed by atoms with E-state index in [0.29, 0.717) is 12.6 Å². The molecule has 0 aromatic heterocycles. The zero-order chi connectivity index (χ0) is 10.4. The van der Waals surface area contributed by atoms with Crippen molar-refractivity contribution in [2.75, 3.05) is 38.3 Å². The number of thioether (sulfide) groups is 1. The summed E-state index contributed by atoms with van der Waals surface area (Å²) in [5, 5.41) is 0. The number of nitrogens with two attached hydrogens (primary N) is 1. The largest absolute Gasteiger partial charge is 0.380 e. The van der Waals surface area contributed by atoms with Crippen LogP contribution in [0, 0.1) is 0 Å². The Labute approximate surface area is 91.4 Å². The third-order valence-electron chi connectivity index (χ3n) is 2.60. The van der Waals surface area contributed by atoms with E-state index in [-0.39, 0.29) is 6.04 Å². The molecule has 3 nitrogen and oxygen atoms in total. The Balaban J connectivity index is 2.23. The minimum Gasteiger partial charge on any atom is -0.380 e. The first-order valence-corrected chi connectivity index (χ1v) is 6.52. The third kappa shape index (κ3) is 3.77. The normalized spacial score (nSPS) is 26.4. The van der Waals surface area contributed by atoms with Gasteiger partial charge in [0.05, 0.1) is 6.61 Å². The lowest BCUT2D eigenvalue weighted by molar-refractivity contribution is 0.0940. The number of nitrogens with zero attached hydrogens (tertiary/aromatic N) is 1. The number of hydrogen-bond donors (Lipinski definition) is 1. The first-order chi connectivity index (χ1) is 6.75. The van der Waals surface area contributed by atoms with Gasteiger partial charge in [0, 0.05) is 36.7 Å². The summed E-state index contributed by atoms with van der Waals surface area (Å²) in [5.41, 5.74) is 6.10. The zero-order valence-corrected chi connectivity index (χ0v) is 10.1. The van der Waals surface area contributed by atoms with Crippen LogP contribution < -0.4 is 5.73 Å². The van der Waals surface area contributed by atoms with Gasteiger partial charge in [-0.1, -0.05) is 6.92 Å². The summed E-state index contributed by atoms with van der Waals surface area (Å²) in [5.74, 6) is 2.38. The molecule has 1 saturated heterocycles. The molecule has 0 radical (unpaired) electrons. The lowest BCUT2D eigenvalue weighted by atomic mass is 10.1. The molecular weight excluding hydrogens is 196 g/mol. The van der Waals surface area contributed by atoms with E-state index in [9.17, 15) is 0 Å². The number of likely N-dealkylation sites (N-methyl/N-ethyl adjacent to an activating group) is 1. The monoisotopic (exact) mass is 218 g/mol. The number of ether oxygens (including phenoxy) is 1. The average Bonchev–Trinajstić information content (AvgIpc) is 2.18. The summed E-state index contributed by atoms with van der Waals surface area (Å²) in [6.45, 7) is 4.80. The molecule has 1 rings (SSSR count). The zero-order valence-electron chi connectivity index (χ0n) is 9.24. The third-order valence-corrected chi connectivity index (χ3v) is 3.64. The molecule has 4 heteroatoms. The fourth-order valence-electron chi connectivity index (χ4n) is 1.63. The van der Waals surface area contributed by atoms with E-state index in [1.807, 2.05) is 11.8 Å². The Morgan fingerprint density at radius 3 is 3.07 bits per heavy atom. The summed E-state index contributed by atoms with van der Waals surface area (Å²) in [6, 6.07) is 0.657. The number of hydrogen-bond acceptors (Lipinski definition) is 4. The quantitative estimate of drug-likeness (QED) is 0.692. The van der Waals surface area contributed by atoms with Crippen molar-refractivity contribution in [3.63, 3.8) is 0 Å². The molecule has 0 aliphatic carbocycles. The van der Waals surface area contributed by atoms with Crippen LogP contribution in [0.25, 0.3) is 0 Å². The van der Waals surface area contributed by atoms with Crippen molar-refractivity contribution >= 4 is 11.8 Å². The topological polar surface area (TPSA) is 38.5 Å². The molecule has 0 spiro atoms. The molecule has 0 amide bonds. The van der Waals surface area contributed by atoms with Crippen molar-refractivity contribution in [3.8, 4) is 0 Å². The highest BCUT2D eigenvalue weighted by Gasteiger charge is 2.25. The van der Waals surface area contributed by atoms with Crippen LogP contribution >= 0.6 is 11.8 Å². The van der Waals surface area contributed by atoms with Gasteiger partial charge in [-0.3, -0.25) is 0 Å². The van der Waals surface area contributed by atoms with Crippen molar-refractivity contribution in [1.82, 2.24) is 4.90 Å². The number of rotatable bonds is 5. The fourth-order valence-corrected chi connectivity index (χ4v) is 2.96. The molecular formula is C10H22N2OS. The first-order valence-electron chi connectivity index (χ1n) is 5.37. The highest BCUT2D eigenvalue weighted by Crippen LogP contribution is 2.16. The van der Waals surface area contributed by atoms with Crippen LogP contribution in [-0.2, 0) is 4.74 Å². The molecule has 0 saturated carbocycles. The maximum atomic E-state index is 6.10. The van der Waals surface area contributed by atoms with Crippen LogP contribution in [0.5, 0.6) is 0 Å². The maximum Gasteiger partial charge on any atom is 0.0633 e. The van der Waals surface area contributed by atoms with Crippen LogP contribution in [0.15, 0.2) is 0 Å². The van der Waals surface area contributed by atoms with Crippen LogP contribution in [0.2, 0.25) is 0 Å². The van der Waals surface area contributed by atoms with E-state index in [1.54, 1.807) is 0 Å². The molecule has 14 heavy (non-hydrogen) atoms. The van der Waals surface area contributed by atoms with Crippen molar-refractivity contribution in [1.29, 1.82) is 0 Å². The lowest BCUT2D eigenvalue weighted by Gasteiger charge is -2.35. The van der Waals surface area contributed by atoms with Crippen molar-refractivity contribution in [2.45, 2.75) is 25.4 Å². The second-order valence-electron chi connectivity index (χ2n) is 3.86. The van der Waals surface area contributed by atoms with E-state index in [1.165, 1.54) is 5.75 Å². The van der Waals surface area contributed by atoms with Gasteiger partial charge in [0.1, 0.15) is 0 Å². The molecule has 1 aliphatic heterocycles. The molecule has 1 fully saturated rings. The molecule has 2 N–H and O–H groups in total. The standard InChI is InChI=1S/C10H22N2OS/c1-3-5-13-7-9(11)10-8-14-6-4-12(10)2/h9-10H,3-8,11H2,1-2H3. The van der Waals surface area contributed by atoms with E-state index >= 15 is 0 Å². The van der Waals surface area contributed by atoms with Gasteiger partial charge in [-0.15, -0.1) is 0 Å². The van der Waals surface area contributed by atoms with Crippen LogP contribution in [0.4, 0.5) is 0 Å². The maximum absolute atomic E-state index is 6.10. The van der Waals surface area contributed by atoms with Gasteiger partial charge in [0.2, 0.25) is 0 Å². The predicted molar refractivity (Wildman–Crippen MR) is 62.8 cm³/mol. The minimum atomic E-state index is 0.166. The van der Waals surface area contributed by atoms with Gasteiger partial charge in [-0.05, 0) is 13.5 Å². The highest BCUT2D eigenvalue weighted by atomic mass is 32.2. The van der Waals surface area contributed by atoms with Crippen molar-refractivity contribution in [3.05, 3.63) is 0 Å². The highest BCUT2D eigenvalue weighted by molar-refractivity contribution is 7.99. The van der Waals surface area contributed by atoms with Crippen molar-refractivity contribution < 1.29 is 4.74 Å². The van der Waals surface area contributed by atoms with Crippen LogP contribution in [-0.4, -0.2) is 55.3 Å². The SMILES string of the molecule is CCCOCC(N)C1CSCCN1C. The summed E-state index contributed by atoms with van der Waals surface area (Å²) >= 11 is 2.00. The van der Waals surface area contributed by atoms with Gasteiger partial charge < -0.3 is 15.4 Å². The fraction of sp³-hybridized carbons (Fsp3) is 1.00. The molecule has 0 bridgehead atoms. The summed E-state index contributed by atoms with van der Waals surface area (Å²) in [4.78, 5) is 2.36. The minimum absolute atomic E-state index is 0.166. The first kappa shape index (κ1) is 12.3. The van der Waals surface area contributed by atoms with E-state index < -0.39 is 0 Å².